The lowest BCUT2D eigenvalue weighted by atomic mass is 9.96. The molecule has 1 fully saturated rings. The molecule has 3 atom stereocenters. The molecule has 5 heteroatoms. The van der Waals surface area contributed by atoms with Gasteiger partial charge in [0.15, 0.2) is 0 Å². The minimum absolute atomic E-state index is 0.140. The molecule has 1 aromatic rings. The molecule has 2 aliphatic rings. The van der Waals surface area contributed by atoms with Crippen molar-refractivity contribution in [1.29, 1.82) is 0 Å². The van der Waals surface area contributed by atoms with Crippen LogP contribution in [0.25, 0.3) is 0 Å². The molecule has 0 N–H and O–H groups in total. The first-order chi connectivity index (χ1) is 10.9. The van der Waals surface area contributed by atoms with E-state index in [2.05, 4.69) is 0 Å². The van der Waals surface area contributed by atoms with E-state index in [-0.39, 0.29) is 29.8 Å². The van der Waals surface area contributed by atoms with Crippen molar-refractivity contribution in [3.8, 4) is 0 Å². The van der Waals surface area contributed by atoms with Crippen LogP contribution in [0.1, 0.15) is 60.7 Å². The Bertz CT molecular complexity index is 625. The van der Waals surface area contributed by atoms with Crippen molar-refractivity contribution in [3.05, 3.63) is 35.4 Å². The van der Waals surface area contributed by atoms with E-state index >= 15 is 0 Å². The molecular formula is C18H22N2O3. The first kappa shape index (κ1) is 15.7. The van der Waals surface area contributed by atoms with Gasteiger partial charge in [0.05, 0.1) is 11.1 Å². The number of likely N-dealkylation sites (tertiary alicyclic amines) is 1. The van der Waals surface area contributed by atoms with Crippen LogP contribution in [0.3, 0.4) is 0 Å². The molecule has 0 unspecified atom stereocenters. The Morgan fingerprint density at radius 2 is 1.52 bits per heavy atom. The Morgan fingerprint density at radius 1 is 1.04 bits per heavy atom. The summed E-state index contributed by atoms with van der Waals surface area (Å²) in [6.07, 6.45) is 3.03. The minimum atomic E-state index is -0.773. The third-order valence-corrected chi connectivity index (χ3v) is 5.02. The maximum atomic E-state index is 12.9. The molecule has 23 heavy (non-hydrogen) atoms. The fourth-order valence-corrected chi connectivity index (χ4v) is 3.74. The van der Waals surface area contributed by atoms with Gasteiger partial charge in [-0.05, 0) is 52.2 Å². The second kappa shape index (κ2) is 5.80. The van der Waals surface area contributed by atoms with Crippen molar-refractivity contribution < 1.29 is 14.4 Å². The highest BCUT2D eigenvalue weighted by atomic mass is 16.2. The molecule has 2 heterocycles. The summed E-state index contributed by atoms with van der Waals surface area (Å²) < 4.78 is 0. The molecule has 0 spiro atoms. The van der Waals surface area contributed by atoms with E-state index in [0.717, 1.165) is 24.2 Å². The fourth-order valence-electron chi connectivity index (χ4n) is 3.74. The molecule has 0 saturated carbocycles. The second-order valence-corrected chi connectivity index (χ2v) is 6.58. The van der Waals surface area contributed by atoms with E-state index in [4.69, 9.17) is 0 Å². The van der Waals surface area contributed by atoms with Crippen LogP contribution in [-0.2, 0) is 4.79 Å². The highest BCUT2D eigenvalue weighted by Gasteiger charge is 2.43. The number of carbonyl (C=O) groups excluding carboxylic acids is 3. The maximum absolute atomic E-state index is 12.9. The second-order valence-electron chi connectivity index (χ2n) is 6.58. The zero-order valence-electron chi connectivity index (χ0n) is 13.8. The Labute approximate surface area is 136 Å². The summed E-state index contributed by atoms with van der Waals surface area (Å²) in [6.45, 7) is 5.71. The number of hydrogen-bond donors (Lipinski definition) is 0. The number of hydrogen-bond acceptors (Lipinski definition) is 3. The molecule has 0 bridgehead atoms. The predicted molar refractivity (Wildman–Crippen MR) is 86.0 cm³/mol. The molecule has 122 valence electrons. The number of benzene rings is 1. The summed E-state index contributed by atoms with van der Waals surface area (Å²) in [6, 6.07) is 6.25. The molecule has 5 nitrogen and oxygen atoms in total. The molecule has 0 aromatic heterocycles. The maximum Gasteiger partial charge on any atom is 0.262 e. The van der Waals surface area contributed by atoms with Crippen molar-refractivity contribution in [3.63, 3.8) is 0 Å². The van der Waals surface area contributed by atoms with Crippen molar-refractivity contribution in [2.75, 3.05) is 0 Å². The molecule has 3 amide bonds. The van der Waals surface area contributed by atoms with Gasteiger partial charge in [0.1, 0.15) is 6.04 Å². The summed E-state index contributed by atoms with van der Waals surface area (Å²) in [5, 5.41) is 0. The largest absolute Gasteiger partial charge is 0.335 e. The number of fused-ring (bicyclic) bond motifs is 1. The normalized spacial score (nSPS) is 25.5. The molecule has 1 aromatic carbocycles. The van der Waals surface area contributed by atoms with Gasteiger partial charge in [0.25, 0.3) is 11.8 Å². The van der Waals surface area contributed by atoms with E-state index in [1.54, 1.807) is 31.2 Å². The number of amides is 3. The molecule has 0 aliphatic carbocycles. The summed E-state index contributed by atoms with van der Waals surface area (Å²) >= 11 is 0. The SMILES string of the molecule is C[C@H](C(=O)N1[C@H](C)CCC[C@H]1C)N1C(=O)c2ccccc2C1=O. The van der Waals surface area contributed by atoms with E-state index in [1.807, 2.05) is 18.7 Å². The number of carbonyl (C=O) groups is 3. The minimum Gasteiger partial charge on any atom is -0.335 e. The summed E-state index contributed by atoms with van der Waals surface area (Å²) in [5.41, 5.74) is 0.772. The predicted octanol–water partition coefficient (Wildman–Crippen LogP) is 2.46. The third kappa shape index (κ3) is 2.44. The smallest absolute Gasteiger partial charge is 0.262 e. The lowest BCUT2D eigenvalue weighted by Gasteiger charge is -2.41. The van der Waals surface area contributed by atoms with Crippen molar-refractivity contribution in [1.82, 2.24) is 9.80 Å². The number of piperidine rings is 1. The lowest BCUT2D eigenvalue weighted by molar-refractivity contribution is -0.141. The van der Waals surface area contributed by atoms with Crippen LogP contribution in [0.15, 0.2) is 24.3 Å². The number of rotatable bonds is 2. The van der Waals surface area contributed by atoms with Gasteiger partial charge in [-0.2, -0.15) is 0 Å². The summed E-state index contributed by atoms with van der Waals surface area (Å²) in [5.74, 6) is -0.883. The average Bonchev–Trinajstić information content (AvgIpc) is 2.78. The fraction of sp³-hybridized carbons (Fsp3) is 0.500. The molecule has 2 aliphatic heterocycles. The molecule has 3 rings (SSSR count). The van der Waals surface area contributed by atoms with E-state index < -0.39 is 6.04 Å². The average molecular weight is 314 g/mol. The summed E-state index contributed by atoms with van der Waals surface area (Å²) in [7, 11) is 0. The first-order valence-electron chi connectivity index (χ1n) is 8.22. The van der Waals surface area contributed by atoms with Gasteiger partial charge in [0, 0.05) is 12.1 Å². The van der Waals surface area contributed by atoms with E-state index in [0.29, 0.717) is 11.1 Å². The Kier molecular flexibility index (Phi) is 3.96. The number of imide groups is 1. The van der Waals surface area contributed by atoms with Gasteiger partial charge in [-0.15, -0.1) is 0 Å². The molecular weight excluding hydrogens is 292 g/mol. The van der Waals surface area contributed by atoms with Crippen LogP contribution >= 0.6 is 0 Å². The first-order valence-corrected chi connectivity index (χ1v) is 8.22. The molecule has 0 radical (unpaired) electrons. The van der Waals surface area contributed by atoms with Crippen LogP contribution < -0.4 is 0 Å². The van der Waals surface area contributed by atoms with Crippen molar-refractivity contribution in [2.45, 2.75) is 58.2 Å². The topological polar surface area (TPSA) is 57.7 Å². The Balaban J connectivity index is 1.86. The summed E-state index contributed by atoms with van der Waals surface area (Å²) in [4.78, 5) is 41.0. The number of nitrogens with zero attached hydrogens (tertiary/aromatic N) is 2. The third-order valence-electron chi connectivity index (χ3n) is 5.02. The standard InChI is InChI=1S/C18H22N2O3/c1-11-7-6-8-12(2)19(11)16(21)13(3)20-17(22)14-9-4-5-10-15(14)18(20)23/h4-5,9-13H,6-8H2,1-3H3/t11-,12-,13-/m1/s1. The van der Waals surface area contributed by atoms with Gasteiger partial charge >= 0.3 is 0 Å². The Hall–Kier alpha value is -2.17. The van der Waals surface area contributed by atoms with Crippen LogP contribution in [0, 0.1) is 0 Å². The van der Waals surface area contributed by atoms with Gasteiger partial charge in [-0.25, -0.2) is 0 Å². The zero-order valence-corrected chi connectivity index (χ0v) is 13.8. The van der Waals surface area contributed by atoms with Crippen molar-refractivity contribution >= 4 is 17.7 Å². The highest BCUT2D eigenvalue weighted by Crippen LogP contribution is 2.28. The Morgan fingerprint density at radius 3 is 2.00 bits per heavy atom. The van der Waals surface area contributed by atoms with Crippen LogP contribution in [-0.4, -0.2) is 45.6 Å². The van der Waals surface area contributed by atoms with Crippen LogP contribution in [0.2, 0.25) is 0 Å². The van der Waals surface area contributed by atoms with Gasteiger partial charge in [0.2, 0.25) is 5.91 Å². The van der Waals surface area contributed by atoms with Crippen LogP contribution in [0.5, 0.6) is 0 Å². The van der Waals surface area contributed by atoms with Crippen molar-refractivity contribution in [2.24, 2.45) is 0 Å². The highest BCUT2D eigenvalue weighted by molar-refractivity contribution is 6.22. The van der Waals surface area contributed by atoms with Gasteiger partial charge in [-0.1, -0.05) is 12.1 Å². The van der Waals surface area contributed by atoms with Crippen LogP contribution in [0.4, 0.5) is 0 Å². The lowest BCUT2D eigenvalue weighted by Crippen LogP contribution is -2.55. The molecule has 1 saturated heterocycles. The zero-order chi connectivity index (χ0) is 16.7. The van der Waals surface area contributed by atoms with Gasteiger partial charge in [-0.3, -0.25) is 19.3 Å². The quantitative estimate of drug-likeness (QED) is 0.788. The van der Waals surface area contributed by atoms with E-state index in [9.17, 15) is 14.4 Å². The monoisotopic (exact) mass is 314 g/mol. The van der Waals surface area contributed by atoms with Gasteiger partial charge < -0.3 is 4.90 Å². The van der Waals surface area contributed by atoms with E-state index in [1.165, 1.54) is 0 Å².